The normalized spacial score (nSPS) is 35.2. The van der Waals surface area contributed by atoms with E-state index in [4.69, 9.17) is 0 Å². The van der Waals surface area contributed by atoms with Gasteiger partial charge in [0, 0.05) is 0 Å². The Hall–Kier alpha value is -0.0400. The molecule has 0 bridgehead atoms. The zero-order valence-electron chi connectivity index (χ0n) is 7.71. The van der Waals surface area contributed by atoms with Gasteiger partial charge in [0.2, 0.25) is 0 Å². The van der Waals surface area contributed by atoms with Crippen LogP contribution >= 0.6 is 0 Å². The van der Waals surface area contributed by atoms with Crippen LogP contribution in [-0.2, 0) is 0 Å². The summed E-state index contributed by atoms with van der Waals surface area (Å²) in [6, 6.07) is 0. The van der Waals surface area contributed by atoms with Crippen LogP contribution in [0.4, 0.5) is 0 Å². The van der Waals surface area contributed by atoms with Crippen molar-refractivity contribution in [1.29, 1.82) is 0 Å². The molecule has 0 radical (unpaired) electrons. The molecule has 1 aliphatic rings. The maximum absolute atomic E-state index is 9.39. The Bertz CT molecular complexity index is 109. The quantitative estimate of drug-likeness (QED) is 0.651. The molecule has 0 spiro atoms. The molecular formula is C10H20O. The molecule has 0 aromatic heterocycles. The average Bonchev–Trinajstić information content (AvgIpc) is 2.05. The molecule has 0 amide bonds. The number of hydrogen-bond acceptors (Lipinski definition) is 1. The maximum Gasteiger partial charge on any atom is 0.0540 e. The molecule has 0 aromatic rings. The van der Waals surface area contributed by atoms with Crippen LogP contribution in [0.3, 0.4) is 0 Å². The first kappa shape index (κ1) is 9.05. The molecule has 66 valence electrons. The van der Waals surface area contributed by atoms with Crippen molar-refractivity contribution in [2.75, 3.05) is 0 Å². The molecular weight excluding hydrogens is 136 g/mol. The first-order chi connectivity index (χ1) is 5.24. The molecule has 1 aliphatic carbocycles. The number of aliphatic hydroxyl groups excluding tert-OH is 1. The molecule has 1 heteroatoms. The summed E-state index contributed by atoms with van der Waals surface area (Å²) in [5, 5.41) is 9.39. The van der Waals surface area contributed by atoms with Crippen LogP contribution in [0.1, 0.15) is 46.0 Å². The maximum atomic E-state index is 9.39. The van der Waals surface area contributed by atoms with Crippen molar-refractivity contribution in [3.63, 3.8) is 0 Å². The van der Waals surface area contributed by atoms with Crippen molar-refractivity contribution in [3.8, 4) is 0 Å². The Balaban J connectivity index is 2.33. The Kier molecular flexibility index (Phi) is 3.38. The summed E-state index contributed by atoms with van der Waals surface area (Å²) in [5.74, 6) is 1.48. The summed E-state index contributed by atoms with van der Waals surface area (Å²) >= 11 is 0. The van der Waals surface area contributed by atoms with E-state index in [-0.39, 0.29) is 6.10 Å². The molecule has 1 saturated carbocycles. The van der Waals surface area contributed by atoms with Gasteiger partial charge in [0.05, 0.1) is 6.10 Å². The molecule has 0 aromatic carbocycles. The molecule has 1 nitrogen and oxygen atoms in total. The lowest BCUT2D eigenvalue weighted by Gasteiger charge is -2.30. The van der Waals surface area contributed by atoms with Gasteiger partial charge in [-0.1, -0.05) is 26.2 Å². The SMILES string of the molecule is CCC1CCCC([C@@H](C)O)C1. The van der Waals surface area contributed by atoms with Crippen molar-refractivity contribution in [1.82, 2.24) is 0 Å². The predicted molar refractivity (Wildman–Crippen MR) is 47.4 cm³/mol. The monoisotopic (exact) mass is 156 g/mol. The Morgan fingerprint density at radius 3 is 2.73 bits per heavy atom. The predicted octanol–water partition coefficient (Wildman–Crippen LogP) is 2.58. The van der Waals surface area contributed by atoms with E-state index in [1.54, 1.807) is 0 Å². The molecule has 2 unspecified atom stereocenters. The topological polar surface area (TPSA) is 20.2 Å². The van der Waals surface area contributed by atoms with Crippen molar-refractivity contribution in [3.05, 3.63) is 0 Å². The zero-order chi connectivity index (χ0) is 8.27. The molecule has 11 heavy (non-hydrogen) atoms. The van der Waals surface area contributed by atoms with Crippen LogP contribution in [0, 0.1) is 11.8 Å². The van der Waals surface area contributed by atoms with Crippen LogP contribution in [-0.4, -0.2) is 11.2 Å². The van der Waals surface area contributed by atoms with Crippen molar-refractivity contribution in [2.24, 2.45) is 11.8 Å². The van der Waals surface area contributed by atoms with Crippen LogP contribution < -0.4 is 0 Å². The summed E-state index contributed by atoms with van der Waals surface area (Å²) in [5.41, 5.74) is 0. The highest BCUT2D eigenvalue weighted by atomic mass is 16.3. The van der Waals surface area contributed by atoms with Crippen LogP contribution in [0.15, 0.2) is 0 Å². The summed E-state index contributed by atoms with van der Waals surface area (Å²) in [6.07, 6.45) is 6.43. The van der Waals surface area contributed by atoms with Gasteiger partial charge in [-0.3, -0.25) is 0 Å². The molecule has 0 saturated heterocycles. The highest BCUT2D eigenvalue weighted by Gasteiger charge is 2.23. The zero-order valence-corrected chi connectivity index (χ0v) is 7.71. The van der Waals surface area contributed by atoms with Gasteiger partial charge >= 0.3 is 0 Å². The van der Waals surface area contributed by atoms with Crippen LogP contribution in [0.5, 0.6) is 0 Å². The minimum Gasteiger partial charge on any atom is -0.393 e. The third-order valence-electron chi connectivity index (χ3n) is 3.08. The minimum atomic E-state index is -0.0793. The molecule has 0 heterocycles. The number of rotatable bonds is 2. The number of aliphatic hydroxyl groups is 1. The smallest absolute Gasteiger partial charge is 0.0540 e. The first-order valence-corrected chi connectivity index (χ1v) is 4.92. The lowest BCUT2D eigenvalue weighted by atomic mass is 9.78. The second-order valence-electron chi connectivity index (χ2n) is 3.94. The van der Waals surface area contributed by atoms with Crippen molar-refractivity contribution >= 4 is 0 Å². The van der Waals surface area contributed by atoms with Gasteiger partial charge in [0.15, 0.2) is 0 Å². The molecule has 1 N–H and O–H groups in total. The van der Waals surface area contributed by atoms with Gasteiger partial charge in [-0.25, -0.2) is 0 Å². The van der Waals surface area contributed by atoms with E-state index in [2.05, 4.69) is 6.92 Å². The van der Waals surface area contributed by atoms with E-state index in [1.807, 2.05) is 6.92 Å². The van der Waals surface area contributed by atoms with E-state index < -0.39 is 0 Å². The van der Waals surface area contributed by atoms with Gasteiger partial charge < -0.3 is 5.11 Å². The van der Waals surface area contributed by atoms with E-state index in [9.17, 15) is 5.11 Å². The Morgan fingerprint density at radius 2 is 2.18 bits per heavy atom. The average molecular weight is 156 g/mol. The first-order valence-electron chi connectivity index (χ1n) is 4.92. The van der Waals surface area contributed by atoms with E-state index >= 15 is 0 Å². The highest BCUT2D eigenvalue weighted by molar-refractivity contribution is 4.75. The van der Waals surface area contributed by atoms with E-state index in [1.165, 1.54) is 32.1 Å². The fourth-order valence-electron chi connectivity index (χ4n) is 2.14. The summed E-state index contributed by atoms with van der Waals surface area (Å²) in [4.78, 5) is 0. The summed E-state index contributed by atoms with van der Waals surface area (Å²) < 4.78 is 0. The van der Waals surface area contributed by atoms with Gasteiger partial charge in [-0.15, -0.1) is 0 Å². The molecule has 1 fully saturated rings. The molecule has 3 atom stereocenters. The third-order valence-corrected chi connectivity index (χ3v) is 3.08. The lowest BCUT2D eigenvalue weighted by molar-refractivity contribution is 0.0826. The van der Waals surface area contributed by atoms with Gasteiger partial charge in [-0.2, -0.15) is 0 Å². The number of hydrogen-bond donors (Lipinski definition) is 1. The lowest BCUT2D eigenvalue weighted by Crippen LogP contribution is -2.24. The molecule has 0 aliphatic heterocycles. The van der Waals surface area contributed by atoms with Crippen LogP contribution in [0.2, 0.25) is 0 Å². The highest BCUT2D eigenvalue weighted by Crippen LogP contribution is 2.32. The van der Waals surface area contributed by atoms with Crippen molar-refractivity contribution in [2.45, 2.75) is 52.1 Å². The molecule has 1 rings (SSSR count). The van der Waals surface area contributed by atoms with Crippen molar-refractivity contribution < 1.29 is 5.11 Å². The van der Waals surface area contributed by atoms with Crippen LogP contribution in [0.25, 0.3) is 0 Å². The standard InChI is InChI=1S/C10H20O/c1-3-9-5-4-6-10(7-9)8(2)11/h8-11H,3-7H2,1-2H3/t8-,9?,10?/m1/s1. The van der Waals surface area contributed by atoms with E-state index in [0.717, 1.165) is 5.92 Å². The fourth-order valence-corrected chi connectivity index (χ4v) is 2.14. The largest absolute Gasteiger partial charge is 0.393 e. The minimum absolute atomic E-state index is 0.0793. The summed E-state index contributed by atoms with van der Waals surface area (Å²) in [6.45, 7) is 4.19. The second-order valence-corrected chi connectivity index (χ2v) is 3.94. The third kappa shape index (κ3) is 2.48. The second kappa shape index (κ2) is 4.10. The fraction of sp³-hybridized carbons (Fsp3) is 1.00. The van der Waals surface area contributed by atoms with Gasteiger partial charge in [-0.05, 0) is 31.6 Å². The van der Waals surface area contributed by atoms with Gasteiger partial charge in [0.1, 0.15) is 0 Å². The summed E-state index contributed by atoms with van der Waals surface area (Å²) in [7, 11) is 0. The van der Waals surface area contributed by atoms with E-state index in [0.29, 0.717) is 5.92 Å². The Labute approximate surface area is 69.8 Å². The Morgan fingerprint density at radius 1 is 1.45 bits per heavy atom. The van der Waals surface area contributed by atoms with Gasteiger partial charge in [0.25, 0.3) is 0 Å².